The van der Waals surface area contributed by atoms with Gasteiger partial charge < -0.3 is 9.32 Å². The molecule has 1 unspecified atom stereocenters. The first-order chi connectivity index (χ1) is 28.3. The lowest BCUT2D eigenvalue weighted by atomic mass is 9.65. The van der Waals surface area contributed by atoms with Gasteiger partial charge in [-0.3, -0.25) is 0 Å². The summed E-state index contributed by atoms with van der Waals surface area (Å²) in [5.74, 6) is 0. The number of nitrogens with zero attached hydrogens (tertiary/aromatic N) is 1. The number of hydrogen-bond acceptors (Lipinski definition) is 2. The topological polar surface area (TPSA) is 16.4 Å². The highest BCUT2D eigenvalue weighted by molar-refractivity contribution is 6.09. The Bertz CT molecular complexity index is 2970. The van der Waals surface area contributed by atoms with Gasteiger partial charge in [-0.25, -0.2) is 0 Å². The Morgan fingerprint density at radius 3 is 1.75 bits per heavy atom. The van der Waals surface area contributed by atoms with Gasteiger partial charge in [-0.1, -0.05) is 170 Å². The number of rotatable bonds is 7. The molecular formula is C55H39NO. The van der Waals surface area contributed by atoms with Crippen molar-refractivity contribution in [2.45, 2.75) is 18.3 Å². The summed E-state index contributed by atoms with van der Waals surface area (Å²) in [4.78, 5) is 2.37. The first kappa shape index (κ1) is 33.2. The summed E-state index contributed by atoms with van der Waals surface area (Å²) < 4.78 is 6.43. The molecule has 57 heavy (non-hydrogen) atoms. The van der Waals surface area contributed by atoms with Crippen LogP contribution in [0.1, 0.15) is 35.1 Å². The van der Waals surface area contributed by atoms with Crippen LogP contribution in [0.15, 0.2) is 222 Å². The van der Waals surface area contributed by atoms with E-state index in [0.29, 0.717) is 0 Å². The lowest BCUT2D eigenvalue weighted by molar-refractivity contribution is 0.670. The Morgan fingerprint density at radius 1 is 0.439 bits per heavy atom. The highest BCUT2D eigenvalue weighted by Crippen LogP contribution is 2.57. The molecule has 8 aromatic carbocycles. The standard InChI is InChI=1S/C55H39NO/c1-3-14-38(15-4-1)39-26-32-43(33-27-39)56(44-34-28-40(29-35-44)46-21-13-22-50-49-20-9-12-25-53(49)57-54(46)50)45-36-30-42(31-37-45)55(41-16-5-2-6-17-41)51-23-10-7-18-47(51)48-19-8-11-24-52(48)55/h1-10,12-23,25-37H,11,24H2. The molecule has 0 saturated carbocycles. The summed E-state index contributed by atoms with van der Waals surface area (Å²) >= 11 is 0. The molecule has 11 rings (SSSR count). The van der Waals surface area contributed by atoms with Crippen LogP contribution < -0.4 is 4.90 Å². The maximum atomic E-state index is 6.43. The number of fused-ring (bicyclic) bond motifs is 5. The third-order valence-corrected chi connectivity index (χ3v) is 12.1. The van der Waals surface area contributed by atoms with Crippen molar-refractivity contribution < 1.29 is 4.42 Å². The Kier molecular flexibility index (Phi) is 7.89. The van der Waals surface area contributed by atoms with Crippen molar-refractivity contribution in [3.8, 4) is 22.3 Å². The summed E-state index contributed by atoms with van der Waals surface area (Å²) in [5.41, 5.74) is 17.5. The number of benzene rings is 8. The van der Waals surface area contributed by atoms with Gasteiger partial charge >= 0.3 is 0 Å². The van der Waals surface area contributed by atoms with Crippen molar-refractivity contribution >= 4 is 44.6 Å². The minimum Gasteiger partial charge on any atom is -0.455 e. The zero-order valence-electron chi connectivity index (χ0n) is 31.5. The Morgan fingerprint density at radius 2 is 1.00 bits per heavy atom. The molecule has 2 heteroatoms. The van der Waals surface area contributed by atoms with Gasteiger partial charge in [0.1, 0.15) is 11.2 Å². The van der Waals surface area contributed by atoms with Crippen molar-refractivity contribution in [2.75, 3.05) is 4.90 Å². The van der Waals surface area contributed by atoms with Crippen molar-refractivity contribution in [1.29, 1.82) is 0 Å². The fourth-order valence-electron chi connectivity index (χ4n) is 9.53. The lowest BCUT2D eigenvalue weighted by Gasteiger charge is -2.37. The second kappa shape index (κ2) is 13.5. The number of anilines is 3. The van der Waals surface area contributed by atoms with Crippen molar-refractivity contribution in [3.63, 3.8) is 0 Å². The van der Waals surface area contributed by atoms with Gasteiger partial charge in [0.2, 0.25) is 0 Å². The van der Waals surface area contributed by atoms with E-state index in [4.69, 9.17) is 4.42 Å². The molecule has 270 valence electrons. The third kappa shape index (κ3) is 5.33. The Labute approximate surface area is 333 Å². The van der Waals surface area contributed by atoms with Crippen molar-refractivity contribution in [1.82, 2.24) is 0 Å². The van der Waals surface area contributed by atoms with Crippen LogP contribution >= 0.6 is 0 Å². The molecule has 1 atom stereocenters. The van der Waals surface area contributed by atoms with E-state index in [1.54, 1.807) is 0 Å². The maximum Gasteiger partial charge on any atom is 0.143 e. The van der Waals surface area contributed by atoms with E-state index < -0.39 is 0 Å². The quantitative estimate of drug-likeness (QED) is 0.162. The summed E-state index contributed by atoms with van der Waals surface area (Å²) in [7, 11) is 0. The molecule has 0 spiro atoms. The molecule has 0 saturated heterocycles. The number of allylic oxidation sites excluding steroid dienone is 4. The van der Waals surface area contributed by atoms with E-state index in [9.17, 15) is 0 Å². The average molecular weight is 730 g/mol. The molecular weight excluding hydrogens is 691 g/mol. The molecule has 0 N–H and O–H groups in total. The first-order valence-corrected chi connectivity index (χ1v) is 19.9. The highest BCUT2D eigenvalue weighted by Gasteiger charge is 2.47. The van der Waals surface area contributed by atoms with E-state index in [1.807, 2.05) is 12.1 Å². The SMILES string of the molecule is C1=CC2=C(CC1)C(c1ccccc1)(c1ccc(N(c3ccc(-c4ccccc4)cc3)c3ccc(-c4cccc5c4oc4ccccc45)cc3)cc1)c1ccccc12. The molecule has 0 bridgehead atoms. The molecule has 1 aromatic heterocycles. The smallest absolute Gasteiger partial charge is 0.143 e. The van der Waals surface area contributed by atoms with E-state index >= 15 is 0 Å². The number of furan rings is 1. The molecule has 0 fully saturated rings. The van der Waals surface area contributed by atoms with Crippen LogP contribution in [0.3, 0.4) is 0 Å². The van der Waals surface area contributed by atoms with Gasteiger partial charge in [-0.15, -0.1) is 0 Å². The normalized spacial score (nSPS) is 15.9. The zero-order chi connectivity index (χ0) is 37.8. The minimum absolute atomic E-state index is 0.363. The van der Waals surface area contributed by atoms with E-state index in [0.717, 1.165) is 63.0 Å². The summed E-state index contributed by atoms with van der Waals surface area (Å²) in [6, 6.07) is 72.7. The number of hydrogen-bond donors (Lipinski definition) is 0. The predicted molar refractivity (Wildman–Crippen MR) is 237 cm³/mol. The van der Waals surface area contributed by atoms with E-state index in [-0.39, 0.29) is 5.41 Å². The summed E-state index contributed by atoms with van der Waals surface area (Å²) in [6.07, 6.45) is 6.78. The summed E-state index contributed by atoms with van der Waals surface area (Å²) in [6.45, 7) is 0. The summed E-state index contributed by atoms with van der Waals surface area (Å²) in [5, 5.41) is 2.28. The monoisotopic (exact) mass is 729 g/mol. The van der Waals surface area contributed by atoms with Crippen LogP contribution in [-0.2, 0) is 5.41 Å². The van der Waals surface area contributed by atoms with Crippen molar-refractivity contribution in [2.24, 2.45) is 0 Å². The molecule has 9 aromatic rings. The van der Waals surface area contributed by atoms with Crippen LogP contribution in [0.25, 0.3) is 49.8 Å². The van der Waals surface area contributed by atoms with Gasteiger partial charge in [0.15, 0.2) is 0 Å². The molecule has 1 heterocycles. The minimum atomic E-state index is -0.363. The van der Waals surface area contributed by atoms with E-state index in [1.165, 1.54) is 44.5 Å². The fourth-order valence-corrected chi connectivity index (χ4v) is 9.53. The van der Waals surface area contributed by atoms with Crippen LogP contribution in [0.2, 0.25) is 0 Å². The molecule has 2 aliphatic rings. The van der Waals surface area contributed by atoms with E-state index in [2.05, 4.69) is 205 Å². The number of para-hydroxylation sites is 2. The zero-order valence-corrected chi connectivity index (χ0v) is 31.5. The molecule has 2 aliphatic carbocycles. The maximum absolute atomic E-state index is 6.43. The third-order valence-electron chi connectivity index (χ3n) is 12.1. The van der Waals surface area contributed by atoms with Gasteiger partial charge in [-0.05, 0) is 105 Å². The van der Waals surface area contributed by atoms with Crippen LogP contribution in [0, 0.1) is 0 Å². The second-order valence-electron chi connectivity index (χ2n) is 15.1. The Balaban J connectivity index is 1.04. The second-order valence-corrected chi connectivity index (χ2v) is 15.1. The Hall–Kier alpha value is -7.16. The van der Waals surface area contributed by atoms with Crippen LogP contribution in [0.5, 0.6) is 0 Å². The first-order valence-electron chi connectivity index (χ1n) is 19.9. The molecule has 0 aliphatic heterocycles. The van der Waals surface area contributed by atoms with Crippen LogP contribution in [0.4, 0.5) is 17.1 Å². The van der Waals surface area contributed by atoms with Gasteiger partial charge in [0, 0.05) is 33.4 Å². The van der Waals surface area contributed by atoms with Gasteiger partial charge in [-0.2, -0.15) is 0 Å². The van der Waals surface area contributed by atoms with Gasteiger partial charge in [0.05, 0.1) is 5.41 Å². The average Bonchev–Trinajstić information content (AvgIpc) is 3.82. The van der Waals surface area contributed by atoms with Crippen LogP contribution in [-0.4, -0.2) is 0 Å². The van der Waals surface area contributed by atoms with Crippen molar-refractivity contribution in [3.05, 3.63) is 240 Å². The highest BCUT2D eigenvalue weighted by atomic mass is 16.3. The molecule has 0 amide bonds. The predicted octanol–water partition coefficient (Wildman–Crippen LogP) is 14.8. The largest absolute Gasteiger partial charge is 0.455 e. The van der Waals surface area contributed by atoms with Gasteiger partial charge in [0.25, 0.3) is 0 Å². The molecule has 2 nitrogen and oxygen atoms in total. The molecule has 0 radical (unpaired) electrons. The lowest BCUT2D eigenvalue weighted by Crippen LogP contribution is -2.30. The fraction of sp³-hybridized carbons (Fsp3) is 0.0545.